The first-order chi connectivity index (χ1) is 7.83. The molecule has 0 fully saturated rings. The van der Waals surface area contributed by atoms with Gasteiger partial charge in [0, 0.05) is 37.5 Å². The first-order valence-corrected chi connectivity index (χ1v) is 5.40. The molecular formula is C12H16N4. The van der Waals surface area contributed by atoms with Gasteiger partial charge in [-0.25, -0.2) is 0 Å². The Hall–Kier alpha value is -1.68. The Balaban J connectivity index is 2.34. The van der Waals surface area contributed by atoms with Crippen LogP contribution in [-0.2, 0) is 13.5 Å². The number of nitrogens with one attached hydrogen (secondary N) is 1. The molecule has 2 aromatic heterocycles. The zero-order valence-corrected chi connectivity index (χ0v) is 9.64. The SMILES string of the molecule is CNCCc1c(-c2ccccn2)cnn1C. The van der Waals surface area contributed by atoms with Crippen molar-refractivity contribution in [2.75, 3.05) is 13.6 Å². The lowest BCUT2D eigenvalue weighted by molar-refractivity contribution is 0.682. The maximum atomic E-state index is 4.36. The third kappa shape index (κ3) is 2.12. The minimum atomic E-state index is 0.944. The number of aromatic nitrogens is 3. The molecule has 0 aliphatic rings. The van der Waals surface area contributed by atoms with Gasteiger partial charge in [-0.3, -0.25) is 9.67 Å². The van der Waals surface area contributed by atoms with Crippen molar-refractivity contribution >= 4 is 0 Å². The number of rotatable bonds is 4. The zero-order valence-electron chi connectivity index (χ0n) is 9.64. The van der Waals surface area contributed by atoms with Gasteiger partial charge in [-0.1, -0.05) is 6.07 Å². The van der Waals surface area contributed by atoms with E-state index in [1.165, 1.54) is 5.69 Å². The summed E-state index contributed by atoms with van der Waals surface area (Å²) < 4.78 is 1.92. The molecule has 0 aliphatic heterocycles. The topological polar surface area (TPSA) is 42.7 Å². The molecule has 16 heavy (non-hydrogen) atoms. The van der Waals surface area contributed by atoms with Crippen molar-refractivity contribution in [3.05, 3.63) is 36.3 Å². The van der Waals surface area contributed by atoms with E-state index in [9.17, 15) is 0 Å². The lowest BCUT2D eigenvalue weighted by Crippen LogP contribution is -2.13. The quantitative estimate of drug-likeness (QED) is 0.836. The van der Waals surface area contributed by atoms with Gasteiger partial charge in [0.25, 0.3) is 0 Å². The maximum Gasteiger partial charge on any atom is 0.0736 e. The molecule has 0 spiro atoms. The van der Waals surface area contributed by atoms with E-state index in [0.717, 1.165) is 24.2 Å². The van der Waals surface area contributed by atoms with Crippen molar-refractivity contribution < 1.29 is 0 Å². The van der Waals surface area contributed by atoms with Crippen LogP contribution in [0.4, 0.5) is 0 Å². The molecule has 0 radical (unpaired) electrons. The van der Waals surface area contributed by atoms with Crippen molar-refractivity contribution in [1.29, 1.82) is 0 Å². The van der Waals surface area contributed by atoms with Gasteiger partial charge in [-0.05, 0) is 19.2 Å². The van der Waals surface area contributed by atoms with Crippen LogP contribution in [0.25, 0.3) is 11.3 Å². The summed E-state index contributed by atoms with van der Waals surface area (Å²) in [5, 5.41) is 7.45. The first-order valence-electron chi connectivity index (χ1n) is 5.40. The van der Waals surface area contributed by atoms with Crippen LogP contribution in [0, 0.1) is 0 Å². The molecule has 0 saturated heterocycles. The molecular weight excluding hydrogens is 200 g/mol. The molecule has 0 atom stereocenters. The van der Waals surface area contributed by atoms with Gasteiger partial charge in [0.05, 0.1) is 11.9 Å². The summed E-state index contributed by atoms with van der Waals surface area (Å²) in [4.78, 5) is 4.36. The fourth-order valence-electron chi connectivity index (χ4n) is 1.74. The number of hydrogen-bond donors (Lipinski definition) is 1. The predicted octanol–water partition coefficient (Wildman–Crippen LogP) is 1.24. The third-order valence-electron chi connectivity index (χ3n) is 2.61. The van der Waals surface area contributed by atoms with Gasteiger partial charge >= 0.3 is 0 Å². The van der Waals surface area contributed by atoms with Crippen molar-refractivity contribution in [2.45, 2.75) is 6.42 Å². The molecule has 0 aromatic carbocycles. The highest BCUT2D eigenvalue weighted by Gasteiger charge is 2.10. The van der Waals surface area contributed by atoms with E-state index in [4.69, 9.17) is 0 Å². The first kappa shape index (κ1) is 10.8. The maximum absolute atomic E-state index is 4.36. The summed E-state index contributed by atoms with van der Waals surface area (Å²) in [6.07, 6.45) is 4.65. The van der Waals surface area contributed by atoms with E-state index in [2.05, 4.69) is 15.4 Å². The predicted molar refractivity (Wildman–Crippen MR) is 64.1 cm³/mol. The van der Waals surface area contributed by atoms with E-state index < -0.39 is 0 Å². The molecule has 2 rings (SSSR count). The zero-order chi connectivity index (χ0) is 11.4. The van der Waals surface area contributed by atoms with Crippen LogP contribution in [0.2, 0.25) is 0 Å². The van der Waals surface area contributed by atoms with Crippen LogP contribution in [0.5, 0.6) is 0 Å². The molecule has 0 unspecified atom stereocenters. The highest BCUT2D eigenvalue weighted by atomic mass is 15.3. The second-order valence-electron chi connectivity index (χ2n) is 3.70. The van der Waals surface area contributed by atoms with Gasteiger partial charge in [-0.15, -0.1) is 0 Å². The molecule has 84 valence electrons. The molecule has 0 amide bonds. The Morgan fingerprint density at radius 2 is 2.25 bits per heavy atom. The third-order valence-corrected chi connectivity index (χ3v) is 2.61. The largest absolute Gasteiger partial charge is 0.319 e. The number of hydrogen-bond acceptors (Lipinski definition) is 3. The second-order valence-corrected chi connectivity index (χ2v) is 3.70. The Labute approximate surface area is 95.3 Å². The van der Waals surface area contributed by atoms with Crippen molar-refractivity contribution in [1.82, 2.24) is 20.1 Å². The molecule has 0 aliphatic carbocycles. The summed E-state index contributed by atoms with van der Waals surface area (Å²) in [7, 11) is 3.92. The van der Waals surface area contributed by atoms with Crippen molar-refractivity contribution in [3.63, 3.8) is 0 Å². The van der Waals surface area contributed by atoms with E-state index in [-0.39, 0.29) is 0 Å². The van der Waals surface area contributed by atoms with Gasteiger partial charge in [0.15, 0.2) is 0 Å². The summed E-state index contributed by atoms with van der Waals surface area (Å²) in [5.41, 5.74) is 3.33. The molecule has 1 N–H and O–H groups in total. The lowest BCUT2D eigenvalue weighted by Gasteiger charge is -2.05. The number of nitrogens with zero attached hydrogens (tertiary/aromatic N) is 3. The Morgan fingerprint density at radius 1 is 1.38 bits per heavy atom. The normalized spacial score (nSPS) is 10.6. The highest BCUT2D eigenvalue weighted by molar-refractivity contribution is 5.61. The smallest absolute Gasteiger partial charge is 0.0736 e. The van der Waals surface area contributed by atoms with Crippen molar-refractivity contribution in [3.8, 4) is 11.3 Å². The van der Waals surface area contributed by atoms with Gasteiger partial charge in [-0.2, -0.15) is 5.10 Å². The summed E-state index contributed by atoms with van der Waals surface area (Å²) in [6, 6.07) is 5.93. The van der Waals surface area contributed by atoms with Crippen LogP contribution in [0.1, 0.15) is 5.69 Å². The monoisotopic (exact) mass is 216 g/mol. The van der Waals surface area contributed by atoms with E-state index in [1.807, 2.05) is 49.4 Å². The van der Waals surface area contributed by atoms with E-state index >= 15 is 0 Å². The fourth-order valence-corrected chi connectivity index (χ4v) is 1.74. The molecule has 0 bridgehead atoms. The van der Waals surface area contributed by atoms with Crippen molar-refractivity contribution in [2.24, 2.45) is 7.05 Å². The van der Waals surface area contributed by atoms with Crippen LogP contribution in [-0.4, -0.2) is 28.4 Å². The van der Waals surface area contributed by atoms with Gasteiger partial charge in [0.2, 0.25) is 0 Å². The molecule has 0 saturated carbocycles. The highest BCUT2D eigenvalue weighted by Crippen LogP contribution is 2.20. The molecule has 2 heterocycles. The average molecular weight is 216 g/mol. The molecule has 4 heteroatoms. The molecule has 4 nitrogen and oxygen atoms in total. The number of aryl methyl sites for hydroxylation is 1. The van der Waals surface area contributed by atoms with Crippen LogP contribution >= 0.6 is 0 Å². The average Bonchev–Trinajstić information content (AvgIpc) is 2.69. The summed E-state index contributed by atoms with van der Waals surface area (Å²) in [6.45, 7) is 0.944. The molecule has 2 aromatic rings. The van der Waals surface area contributed by atoms with Gasteiger partial charge in [0.1, 0.15) is 0 Å². The minimum Gasteiger partial charge on any atom is -0.319 e. The number of pyridine rings is 1. The van der Waals surface area contributed by atoms with E-state index in [0.29, 0.717) is 0 Å². The Kier molecular flexibility index (Phi) is 3.31. The fraction of sp³-hybridized carbons (Fsp3) is 0.333. The summed E-state index contributed by atoms with van der Waals surface area (Å²) in [5.74, 6) is 0. The second kappa shape index (κ2) is 4.90. The van der Waals surface area contributed by atoms with E-state index in [1.54, 1.807) is 0 Å². The Morgan fingerprint density at radius 3 is 2.94 bits per heavy atom. The van der Waals surface area contributed by atoms with Crippen LogP contribution in [0.15, 0.2) is 30.6 Å². The minimum absolute atomic E-state index is 0.944. The number of likely N-dealkylation sites (N-methyl/N-ethyl adjacent to an activating group) is 1. The Bertz CT molecular complexity index is 447. The van der Waals surface area contributed by atoms with Crippen LogP contribution in [0.3, 0.4) is 0 Å². The van der Waals surface area contributed by atoms with Gasteiger partial charge < -0.3 is 5.32 Å². The summed E-state index contributed by atoms with van der Waals surface area (Å²) >= 11 is 0. The lowest BCUT2D eigenvalue weighted by atomic mass is 10.1. The van der Waals surface area contributed by atoms with Crippen LogP contribution < -0.4 is 5.32 Å². The standard InChI is InChI=1S/C12H16N4/c1-13-8-6-12-10(9-15-16(12)2)11-5-3-4-7-14-11/h3-5,7,9,13H,6,8H2,1-2H3.